The van der Waals surface area contributed by atoms with Gasteiger partial charge in [-0.1, -0.05) is 29.8 Å². The smallest absolute Gasteiger partial charge is 0.191 e. The molecular formula is C21H36ClIN4O2S. The summed E-state index contributed by atoms with van der Waals surface area (Å²) in [5.74, 6) is 1.52. The lowest BCUT2D eigenvalue weighted by Crippen LogP contribution is -2.43. The van der Waals surface area contributed by atoms with Gasteiger partial charge in [0.15, 0.2) is 5.96 Å². The highest BCUT2D eigenvalue weighted by Crippen LogP contribution is 2.22. The van der Waals surface area contributed by atoms with Crippen molar-refractivity contribution in [2.24, 2.45) is 10.9 Å². The molecule has 6 nitrogen and oxygen atoms in total. The second kappa shape index (κ2) is 13.8. The molecule has 1 aromatic carbocycles. The molecule has 1 aliphatic heterocycles. The van der Waals surface area contributed by atoms with Crippen LogP contribution in [0.3, 0.4) is 0 Å². The molecule has 1 atom stereocenters. The molecule has 9 heteroatoms. The van der Waals surface area contributed by atoms with E-state index in [1.54, 1.807) is 0 Å². The van der Waals surface area contributed by atoms with Crippen LogP contribution in [0.4, 0.5) is 0 Å². The first kappa shape index (κ1) is 27.5. The Morgan fingerprint density at radius 1 is 1.30 bits per heavy atom. The predicted octanol–water partition coefficient (Wildman–Crippen LogP) is 3.55. The second-order valence-corrected chi connectivity index (χ2v) is 10.7. The summed E-state index contributed by atoms with van der Waals surface area (Å²) in [6.07, 6.45) is 4.09. The van der Waals surface area contributed by atoms with Crippen LogP contribution in [0.5, 0.6) is 0 Å². The lowest BCUT2D eigenvalue weighted by molar-refractivity contribution is 0.180. The quantitative estimate of drug-likeness (QED) is 0.270. The summed E-state index contributed by atoms with van der Waals surface area (Å²) < 4.78 is 22.7. The number of piperidine rings is 1. The second-order valence-electron chi connectivity index (χ2n) is 7.99. The van der Waals surface area contributed by atoms with Gasteiger partial charge in [-0.15, -0.1) is 24.0 Å². The minimum atomic E-state index is -2.94. The van der Waals surface area contributed by atoms with E-state index in [2.05, 4.69) is 21.6 Å². The van der Waals surface area contributed by atoms with E-state index in [1.165, 1.54) is 11.8 Å². The fourth-order valence-electron chi connectivity index (χ4n) is 3.43. The van der Waals surface area contributed by atoms with E-state index < -0.39 is 9.84 Å². The molecule has 0 radical (unpaired) electrons. The summed E-state index contributed by atoms with van der Waals surface area (Å²) in [5, 5.41) is 7.43. The van der Waals surface area contributed by atoms with Gasteiger partial charge in [-0.3, -0.25) is 9.89 Å². The highest BCUT2D eigenvalue weighted by atomic mass is 127. The third-order valence-electron chi connectivity index (χ3n) is 5.22. The van der Waals surface area contributed by atoms with Crippen molar-refractivity contribution in [3.63, 3.8) is 0 Å². The van der Waals surface area contributed by atoms with Crippen LogP contribution >= 0.6 is 35.6 Å². The van der Waals surface area contributed by atoms with Crippen LogP contribution in [0, 0.1) is 5.92 Å². The minimum absolute atomic E-state index is 0. The van der Waals surface area contributed by atoms with Crippen LogP contribution in [-0.4, -0.2) is 63.5 Å². The fraction of sp³-hybridized carbons (Fsp3) is 0.667. The van der Waals surface area contributed by atoms with Crippen molar-refractivity contribution < 1.29 is 8.42 Å². The van der Waals surface area contributed by atoms with Crippen molar-refractivity contribution in [2.45, 2.75) is 45.7 Å². The van der Waals surface area contributed by atoms with E-state index >= 15 is 0 Å². The van der Waals surface area contributed by atoms with Crippen molar-refractivity contribution in [1.82, 2.24) is 15.5 Å². The Bertz CT molecular complexity index is 768. The van der Waals surface area contributed by atoms with Crippen LogP contribution < -0.4 is 10.6 Å². The monoisotopic (exact) mass is 570 g/mol. The topological polar surface area (TPSA) is 73.8 Å². The summed E-state index contributed by atoms with van der Waals surface area (Å²) in [7, 11) is -2.94. The number of sulfone groups is 1. The van der Waals surface area contributed by atoms with Crippen molar-refractivity contribution in [1.29, 1.82) is 0 Å². The Morgan fingerprint density at radius 2 is 1.97 bits per heavy atom. The lowest BCUT2D eigenvalue weighted by Gasteiger charge is -2.31. The first-order chi connectivity index (χ1) is 13.8. The maximum Gasteiger partial charge on any atom is 0.191 e. The molecular weight excluding hydrogens is 535 g/mol. The molecule has 30 heavy (non-hydrogen) atoms. The Labute approximate surface area is 204 Å². The number of nitrogens with zero attached hydrogens (tertiary/aromatic N) is 2. The first-order valence-electron chi connectivity index (χ1n) is 10.4. The van der Waals surface area contributed by atoms with Crippen molar-refractivity contribution >= 4 is 51.4 Å². The molecule has 1 aromatic rings. The molecule has 0 spiro atoms. The zero-order valence-electron chi connectivity index (χ0n) is 18.2. The number of guanidine groups is 1. The molecule has 172 valence electrons. The molecule has 2 N–H and O–H groups in total. The fourth-order valence-corrected chi connectivity index (χ4v) is 4.41. The third kappa shape index (κ3) is 10.6. The molecule has 0 saturated carbocycles. The van der Waals surface area contributed by atoms with Gasteiger partial charge in [-0.05, 0) is 63.7 Å². The third-order valence-corrected chi connectivity index (χ3v) is 6.56. The summed E-state index contributed by atoms with van der Waals surface area (Å²) in [6.45, 7) is 8.60. The number of hydrogen-bond acceptors (Lipinski definition) is 4. The Morgan fingerprint density at radius 3 is 2.57 bits per heavy atom. The van der Waals surface area contributed by atoms with Gasteiger partial charge < -0.3 is 10.6 Å². The van der Waals surface area contributed by atoms with E-state index in [0.29, 0.717) is 12.3 Å². The molecule has 1 fully saturated rings. The average Bonchev–Trinajstić information content (AvgIpc) is 2.67. The Balaban J connectivity index is 0.00000450. The van der Waals surface area contributed by atoms with Gasteiger partial charge in [0.05, 0.1) is 5.75 Å². The highest BCUT2D eigenvalue weighted by molar-refractivity contribution is 14.0. The summed E-state index contributed by atoms with van der Waals surface area (Å²) >= 11 is 6.28. The summed E-state index contributed by atoms with van der Waals surface area (Å²) in [6, 6.07) is 8.10. The molecule has 1 aliphatic rings. The van der Waals surface area contributed by atoms with Gasteiger partial charge in [-0.25, -0.2) is 8.42 Å². The summed E-state index contributed by atoms with van der Waals surface area (Å²) in [4.78, 5) is 7.21. The standard InChI is InChI=1S/C21H35ClN4O2S.HI/c1-4-23-21(25-17(2)11-14-29(3,27)28)24-15-18-9-12-26(13-10-18)16-19-7-5-6-8-20(19)22;/h5-8,17-18H,4,9-16H2,1-3H3,(H2,23,24,25);1H. The van der Waals surface area contributed by atoms with E-state index in [9.17, 15) is 8.42 Å². The molecule has 1 heterocycles. The number of halogens is 2. The predicted molar refractivity (Wildman–Crippen MR) is 138 cm³/mol. The molecule has 0 aliphatic carbocycles. The number of nitrogens with one attached hydrogen (secondary N) is 2. The van der Waals surface area contributed by atoms with Crippen LogP contribution in [0.15, 0.2) is 29.3 Å². The number of hydrogen-bond donors (Lipinski definition) is 2. The van der Waals surface area contributed by atoms with Crippen LogP contribution in [-0.2, 0) is 16.4 Å². The molecule has 1 saturated heterocycles. The van der Waals surface area contributed by atoms with Gasteiger partial charge in [0.2, 0.25) is 0 Å². The Kier molecular flexibility index (Phi) is 12.6. The van der Waals surface area contributed by atoms with Crippen molar-refractivity contribution in [3.8, 4) is 0 Å². The normalized spacial score (nSPS) is 17.3. The number of rotatable bonds is 9. The Hall–Kier alpha value is -0.580. The minimum Gasteiger partial charge on any atom is -0.357 e. The lowest BCUT2D eigenvalue weighted by atomic mass is 9.96. The zero-order valence-corrected chi connectivity index (χ0v) is 22.1. The van der Waals surface area contributed by atoms with Gasteiger partial charge in [-0.2, -0.15) is 0 Å². The largest absolute Gasteiger partial charge is 0.357 e. The zero-order chi connectivity index (χ0) is 21.3. The first-order valence-corrected chi connectivity index (χ1v) is 12.9. The van der Waals surface area contributed by atoms with Gasteiger partial charge in [0.1, 0.15) is 9.84 Å². The van der Waals surface area contributed by atoms with E-state index in [4.69, 9.17) is 16.6 Å². The molecule has 0 amide bonds. The number of aliphatic imine (C=N–C) groups is 1. The molecule has 0 bridgehead atoms. The van der Waals surface area contributed by atoms with Gasteiger partial charge in [0, 0.05) is 37.0 Å². The average molecular weight is 571 g/mol. The van der Waals surface area contributed by atoms with Crippen molar-refractivity contribution in [3.05, 3.63) is 34.9 Å². The molecule has 1 unspecified atom stereocenters. The SMILES string of the molecule is CCNC(=NCC1CCN(Cc2ccccc2Cl)CC1)NC(C)CCS(C)(=O)=O.I. The number of benzene rings is 1. The highest BCUT2D eigenvalue weighted by Gasteiger charge is 2.20. The maximum absolute atomic E-state index is 11.4. The van der Waals surface area contributed by atoms with E-state index in [0.717, 1.165) is 56.5 Å². The summed E-state index contributed by atoms with van der Waals surface area (Å²) in [5.41, 5.74) is 1.19. The molecule has 0 aromatic heterocycles. The maximum atomic E-state index is 11.4. The number of likely N-dealkylation sites (tertiary alicyclic amines) is 1. The molecule has 2 rings (SSSR count). The van der Waals surface area contributed by atoms with Crippen LogP contribution in [0.1, 0.15) is 38.7 Å². The van der Waals surface area contributed by atoms with Gasteiger partial charge >= 0.3 is 0 Å². The van der Waals surface area contributed by atoms with Crippen LogP contribution in [0.2, 0.25) is 5.02 Å². The van der Waals surface area contributed by atoms with Gasteiger partial charge in [0.25, 0.3) is 0 Å². The van der Waals surface area contributed by atoms with E-state index in [-0.39, 0.29) is 35.8 Å². The van der Waals surface area contributed by atoms with E-state index in [1.807, 2.05) is 32.0 Å². The van der Waals surface area contributed by atoms with Crippen molar-refractivity contribution in [2.75, 3.05) is 38.2 Å². The van der Waals surface area contributed by atoms with Crippen LogP contribution in [0.25, 0.3) is 0 Å².